The van der Waals surface area contributed by atoms with Crippen LogP contribution in [0.5, 0.6) is 11.5 Å². The number of ether oxygens (including phenoxy) is 2. The van der Waals surface area contributed by atoms with Crippen molar-refractivity contribution in [3.63, 3.8) is 0 Å². The van der Waals surface area contributed by atoms with Gasteiger partial charge in [0.1, 0.15) is 11.9 Å². The van der Waals surface area contributed by atoms with Crippen molar-refractivity contribution < 1.29 is 24.3 Å². The van der Waals surface area contributed by atoms with E-state index in [1.807, 2.05) is 0 Å². The molecule has 1 heterocycles. The molecule has 1 amide bonds. The Morgan fingerprint density at radius 1 is 1.43 bits per heavy atom. The molecule has 1 aliphatic heterocycles. The first kappa shape index (κ1) is 14.9. The number of likely N-dealkylation sites (tertiary alicyclic amines) is 1. The molecular weight excluding hydrogens is 280 g/mol. The molecule has 0 unspecified atom stereocenters. The molecule has 1 N–H and O–H groups in total. The molecule has 0 spiro atoms. The van der Waals surface area contributed by atoms with Gasteiger partial charge < -0.3 is 19.5 Å². The van der Waals surface area contributed by atoms with E-state index in [2.05, 4.69) is 0 Å². The molecule has 0 aromatic heterocycles. The van der Waals surface area contributed by atoms with Crippen molar-refractivity contribution in [3.05, 3.63) is 28.3 Å². The molecule has 114 valence electrons. The van der Waals surface area contributed by atoms with Crippen molar-refractivity contribution in [2.75, 3.05) is 20.2 Å². The van der Waals surface area contributed by atoms with E-state index >= 15 is 0 Å². The quantitative estimate of drug-likeness (QED) is 0.674. The summed E-state index contributed by atoms with van der Waals surface area (Å²) in [5.41, 5.74) is -0.120. The highest BCUT2D eigenvalue weighted by atomic mass is 16.6. The number of nitro benzene ring substituents is 1. The van der Waals surface area contributed by atoms with Crippen LogP contribution in [0.3, 0.4) is 0 Å². The van der Waals surface area contributed by atoms with Crippen molar-refractivity contribution in [2.45, 2.75) is 18.9 Å². The van der Waals surface area contributed by atoms with Gasteiger partial charge in [0, 0.05) is 38.1 Å². The fraction of sp³-hybridized carbons (Fsp3) is 0.462. The number of hydrogen-bond donors (Lipinski definition) is 1. The van der Waals surface area contributed by atoms with E-state index in [1.54, 1.807) is 0 Å². The van der Waals surface area contributed by atoms with Gasteiger partial charge >= 0.3 is 11.8 Å². The Bertz CT molecular complexity index is 539. The smallest absolute Gasteiger partial charge is 0.407 e. The molecule has 0 bridgehead atoms. The molecule has 21 heavy (non-hydrogen) atoms. The summed E-state index contributed by atoms with van der Waals surface area (Å²) in [6.45, 7) is 0.842. The summed E-state index contributed by atoms with van der Waals surface area (Å²) in [4.78, 5) is 22.4. The third-order valence-corrected chi connectivity index (χ3v) is 3.36. The Morgan fingerprint density at radius 3 is 2.62 bits per heavy atom. The van der Waals surface area contributed by atoms with E-state index < -0.39 is 11.0 Å². The Morgan fingerprint density at radius 2 is 2.10 bits per heavy atom. The van der Waals surface area contributed by atoms with Crippen LogP contribution in [-0.4, -0.2) is 47.3 Å². The lowest BCUT2D eigenvalue weighted by atomic mass is 10.1. The molecule has 0 radical (unpaired) electrons. The maximum absolute atomic E-state index is 10.8. The van der Waals surface area contributed by atoms with Crippen molar-refractivity contribution in [1.82, 2.24) is 4.90 Å². The largest absolute Gasteiger partial charge is 0.490 e. The second kappa shape index (κ2) is 6.29. The average molecular weight is 296 g/mol. The van der Waals surface area contributed by atoms with Crippen LogP contribution in [-0.2, 0) is 0 Å². The van der Waals surface area contributed by atoms with Gasteiger partial charge in [-0.15, -0.1) is 0 Å². The van der Waals surface area contributed by atoms with Crippen molar-refractivity contribution in [2.24, 2.45) is 0 Å². The minimum absolute atomic E-state index is 0.105. The van der Waals surface area contributed by atoms with Crippen molar-refractivity contribution in [3.8, 4) is 11.5 Å². The van der Waals surface area contributed by atoms with Crippen LogP contribution in [0.15, 0.2) is 18.2 Å². The van der Waals surface area contributed by atoms with Crippen LogP contribution < -0.4 is 9.47 Å². The van der Waals surface area contributed by atoms with Gasteiger partial charge in [0.15, 0.2) is 0 Å². The summed E-state index contributed by atoms with van der Waals surface area (Å²) in [5.74, 6) is 0.617. The third kappa shape index (κ3) is 3.53. The van der Waals surface area contributed by atoms with E-state index in [1.165, 1.54) is 30.2 Å². The van der Waals surface area contributed by atoms with Gasteiger partial charge in [0.2, 0.25) is 5.75 Å². The normalized spacial score (nSPS) is 15.6. The van der Waals surface area contributed by atoms with Gasteiger partial charge in [-0.3, -0.25) is 10.1 Å². The van der Waals surface area contributed by atoms with E-state index in [9.17, 15) is 14.9 Å². The highest BCUT2D eigenvalue weighted by Gasteiger charge is 2.24. The van der Waals surface area contributed by atoms with Crippen LogP contribution in [0, 0.1) is 10.1 Å². The maximum Gasteiger partial charge on any atom is 0.407 e. The summed E-state index contributed by atoms with van der Waals surface area (Å²) in [7, 11) is 1.36. The predicted molar refractivity (Wildman–Crippen MR) is 72.9 cm³/mol. The van der Waals surface area contributed by atoms with Gasteiger partial charge in [-0.2, -0.15) is 0 Å². The van der Waals surface area contributed by atoms with Crippen LogP contribution in [0.2, 0.25) is 0 Å². The van der Waals surface area contributed by atoms with Gasteiger partial charge in [0.25, 0.3) is 0 Å². The standard InChI is InChI=1S/C13H16N2O6/c1-20-12-8-10(2-3-11(12)15(18)19)21-9-4-6-14(7-5-9)13(16)17/h2-3,8-9H,4-7H2,1H3,(H,16,17). The fourth-order valence-electron chi connectivity index (χ4n) is 2.24. The fourth-order valence-corrected chi connectivity index (χ4v) is 2.24. The molecule has 0 saturated carbocycles. The second-order valence-corrected chi connectivity index (χ2v) is 4.68. The van der Waals surface area contributed by atoms with E-state index in [0.717, 1.165) is 0 Å². The van der Waals surface area contributed by atoms with Crippen molar-refractivity contribution in [1.29, 1.82) is 0 Å². The minimum atomic E-state index is -0.926. The van der Waals surface area contributed by atoms with E-state index in [4.69, 9.17) is 14.6 Å². The van der Waals surface area contributed by atoms with Gasteiger partial charge in [-0.05, 0) is 6.07 Å². The molecule has 0 aliphatic carbocycles. The van der Waals surface area contributed by atoms with E-state index in [0.29, 0.717) is 31.7 Å². The summed E-state index contributed by atoms with van der Waals surface area (Å²) in [6.07, 6.45) is 0.147. The van der Waals surface area contributed by atoms with Crippen LogP contribution in [0.25, 0.3) is 0 Å². The first-order valence-electron chi connectivity index (χ1n) is 6.48. The number of nitro groups is 1. The second-order valence-electron chi connectivity index (χ2n) is 4.68. The summed E-state index contributed by atoms with van der Waals surface area (Å²) >= 11 is 0. The molecule has 1 aromatic carbocycles. The topological polar surface area (TPSA) is 102 Å². The van der Waals surface area contributed by atoms with Gasteiger partial charge in [-0.1, -0.05) is 0 Å². The zero-order valence-electron chi connectivity index (χ0n) is 11.5. The number of nitrogens with zero attached hydrogens (tertiary/aromatic N) is 2. The Labute approximate surface area is 121 Å². The number of carboxylic acid groups (broad SMARTS) is 1. The molecule has 8 heteroatoms. The lowest BCUT2D eigenvalue weighted by molar-refractivity contribution is -0.385. The first-order chi connectivity index (χ1) is 10.0. The SMILES string of the molecule is COc1cc(OC2CCN(C(=O)O)CC2)ccc1[N+](=O)[O-]. The number of carbonyl (C=O) groups is 1. The Kier molecular flexibility index (Phi) is 4.46. The summed E-state index contributed by atoms with van der Waals surface area (Å²) in [5, 5.41) is 19.7. The number of methoxy groups -OCH3 is 1. The van der Waals surface area contributed by atoms with Crippen LogP contribution >= 0.6 is 0 Å². The number of hydrogen-bond acceptors (Lipinski definition) is 5. The summed E-state index contributed by atoms with van der Waals surface area (Å²) in [6, 6.07) is 4.33. The predicted octanol–water partition coefficient (Wildman–Crippen LogP) is 2.12. The van der Waals surface area contributed by atoms with E-state index in [-0.39, 0.29) is 17.5 Å². The number of piperidine rings is 1. The zero-order chi connectivity index (χ0) is 15.4. The van der Waals surface area contributed by atoms with Crippen LogP contribution in [0.1, 0.15) is 12.8 Å². The monoisotopic (exact) mass is 296 g/mol. The summed E-state index contributed by atoms with van der Waals surface area (Å²) < 4.78 is 10.7. The molecule has 1 fully saturated rings. The molecular formula is C13H16N2O6. The maximum atomic E-state index is 10.8. The minimum Gasteiger partial charge on any atom is -0.490 e. The molecule has 8 nitrogen and oxygen atoms in total. The number of rotatable bonds is 4. The highest BCUT2D eigenvalue weighted by Crippen LogP contribution is 2.31. The highest BCUT2D eigenvalue weighted by molar-refractivity contribution is 5.65. The zero-order valence-corrected chi connectivity index (χ0v) is 11.5. The number of benzene rings is 1. The molecule has 0 atom stereocenters. The molecule has 1 saturated heterocycles. The van der Waals surface area contributed by atoms with Gasteiger partial charge in [-0.25, -0.2) is 4.79 Å². The first-order valence-corrected chi connectivity index (χ1v) is 6.48. The Balaban J connectivity index is 2.01. The third-order valence-electron chi connectivity index (χ3n) is 3.36. The van der Waals surface area contributed by atoms with Crippen molar-refractivity contribution >= 4 is 11.8 Å². The number of amides is 1. The van der Waals surface area contributed by atoms with Crippen LogP contribution in [0.4, 0.5) is 10.5 Å². The molecule has 1 aromatic rings. The molecule has 2 rings (SSSR count). The lowest BCUT2D eigenvalue weighted by Gasteiger charge is -2.30. The van der Waals surface area contributed by atoms with Gasteiger partial charge in [0.05, 0.1) is 12.0 Å². The lowest BCUT2D eigenvalue weighted by Crippen LogP contribution is -2.41. The average Bonchev–Trinajstić information content (AvgIpc) is 2.47. The molecule has 1 aliphatic rings. The Hall–Kier alpha value is -2.51.